The molecule has 0 aliphatic rings. The van der Waals surface area contributed by atoms with Gasteiger partial charge in [0, 0.05) is 9.75 Å². The van der Waals surface area contributed by atoms with Gasteiger partial charge in [0.1, 0.15) is 6.04 Å². The number of hydrogen-bond acceptors (Lipinski definition) is 3. The van der Waals surface area contributed by atoms with Gasteiger partial charge in [-0.3, -0.25) is 0 Å². The monoisotopic (exact) mass is 298 g/mol. The first kappa shape index (κ1) is 16.5. The van der Waals surface area contributed by atoms with Crippen LogP contribution in [-0.4, -0.2) is 23.1 Å². The Hall–Kier alpha value is -1.56. The Morgan fingerprint density at radius 3 is 2.45 bits per heavy atom. The van der Waals surface area contributed by atoms with Crippen LogP contribution >= 0.6 is 11.3 Å². The lowest BCUT2D eigenvalue weighted by Gasteiger charge is -2.18. The summed E-state index contributed by atoms with van der Waals surface area (Å²) in [4.78, 5) is 25.2. The minimum atomic E-state index is -1.00. The fraction of sp³-hybridized carbons (Fsp3) is 0.571. The quantitative estimate of drug-likeness (QED) is 0.755. The summed E-state index contributed by atoms with van der Waals surface area (Å²) in [5.41, 5.74) is 1.07. The second-order valence-corrected chi connectivity index (χ2v) is 6.35. The van der Waals surface area contributed by atoms with Crippen molar-refractivity contribution in [2.75, 3.05) is 0 Å². The van der Waals surface area contributed by atoms with Crippen molar-refractivity contribution in [2.24, 2.45) is 0 Å². The summed E-state index contributed by atoms with van der Waals surface area (Å²) in [5, 5.41) is 14.3. The van der Waals surface area contributed by atoms with Crippen molar-refractivity contribution in [3.05, 3.63) is 21.4 Å². The zero-order valence-corrected chi connectivity index (χ0v) is 13.1. The Labute approximate surface area is 123 Å². The average Bonchev–Trinajstić information content (AvgIpc) is 2.67. The Morgan fingerprint density at radius 2 is 2.00 bits per heavy atom. The Bertz CT molecular complexity index is 485. The molecule has 2 unspecified atom stereocenters. The molecule has 5 nitrogen and oxygen atoms in total. The van der Waals surface area contributed by atoms with Crippen LogP contribution in [0.1, 0.15) is 48.0 Å². The Balaban J connectivity index is 2.61. The molecule has 0 radical (unpaired) electrons. The summed E-state index contributed by atoms with van der Waals surface area (Å²) in [6.45, 7) is 7.81. The summed E-state index contributed by atoms with van der Waals surface area (Å²) >= 11 is 1.69. The van der Waals surface area contributed by atoms with Crippen LogP contribution in [0.2, 0.25) is 0 Å². The fourth-order valence-corrected chi connectivity index (χ4v) is 3.12. The molecule has 1 aromatic heterocycles. The van der Waals surface area contributed by atoms with E-state index >= 15 is 0 Å². The molecule has 0 aromatic carbocycles. The number of carbonyl (C=O) groups excluding carboxylic acids is 1. The van der Waals surface area contributed by atoms with Crippen LogP contribution in [0.5, 0.6) is 0 Å². The summed E-state index contributed by atoms with van der Waals surface area (Å²) in [7, 11) is 0. The fourth-order valence-electron chi connectivity index (χ4n) is 2.10. The van der Waals surface area contributed by atoms with Gasteiger partial charge in [-0.15, -0.1) is 11.3 Å². The molecule has 2 amide bonds. The third-order valence-corrected chi connectivity index (χ3v) is 4.06. The smallest absolute Gasteiger partial charge is 0.326 e. The van der Waals surface area contributed by atoms with Crippen LogP contribution in [0.4, 0.5) is 4.79 Å². The van der Waals surface area contributed by atoms with Crippen LogP contribution in [0.15, 0.2) is 6.07 Å². The highest BCUT2D eigenvalue weighted by molar-refractivity contribution is 7.12. The van der Waals surface area contributed by atoms with Gasteiger partial charge in [0.25, 0.3) is 0 Å². The number of rotatable bonds is 6. The maximum absolute atomic E-state index is 11.9. The molecule has 0 spiro atoms. The number of aliphatic carboxylic acids is 1. The van der Waals surface area contributed by atoms with Crippen LogP contribution in [0.25, 0.3) is 0 Å². The first-order valence-electron chi connectivity index (χ1n) is 6.71. The second kappa shape index (κ2) is 7.28. The summed E-state index contributed by atoms with van der Waals surface area (Å²) in [6, 6.07) is 0.626. The van der Waals surface area contributed by atoms with E-state index in [1.54, 1.807) is 11.3 Å². The number of hydrogen-bond donors (Lipinski definition) is 3. The molecule has 3 N–H and O–H groups in total. The van der Waals surface area contributed by atoms with Crippen molar-refractivity contribution in [3.8, 4) is 0 Å². The van der Waals surface area contributed by atoms with E-state index < -0.39 is 18.0 Å². The lowest BCUT2D eigenvalue weighted by atomic mass is 10.1. The van der Waals surface area contributed by atoms with E-state index in [1.165, 1.54) is 9.75 Å². The van der Waals surface area contributed by atoms with Crippen LogP contribution in [0.3, 0.4) is 0 Å². The lowest BCUT2D eigenvalue weighted by molar-refractivity contribution is -0.139. The number of carbonyl (C=O) groups is 2. The minimum Gasteiger partial charge on any atom is -0.480 e. The third kappa shape index (κ3) is 4.52. The summed E-state index contributed by atoms with van der Waals surface area (Å²) < 4.78 is 0. The van der Waals surface area contributed by atoms with Gasteiger partial charge >= 0.3 is 12.0 Å². The molecular weight excluding hydrogens is 276 g/mol. The standard InChI is InChI=1S/C14H22N2O3S/c1-5-6-12(13(17)18)16-14(19)15-9(3)11-7-8(2)20-10(11)4/h7,9,12H,5-6H2,1-4H3,(H,17,18)(H2,15,16,19). The van der Waals surface area contributed by atoms with Crippen molar-refractivity contribution in [2.45, 2.75) is 52.6 Å². The molecule has 1 rings (SSSR count). The van der Waals surface area contributed by atoms with Crippen molar-refractivity contribution in [1.82, 2.24) is 10.6 Å². The van der Waals surface area contributed by atoms with Gasteiger partial charge in [-0.2, -0.15) is 0 Å². The molecule has 0 fully saturated rings. The lowest BCUT2D eigenvalue weighted by Crippen LogP contribution is -2.46. The summed E-state index contributed by atoms with van der Waals surface area (Å²) in [5.74, 6) is -1.00. The van der Waals surface area contributed by atoms with E-state index in [9.17, 15) is 9.59 Å². The molecule has 0 aliphatic carbocycles. The molecule has 1 aromatic rings. The van der Waals surface area contributed by atoms with Crippen molar-refractivity contribution < 1.29 is 14.7 Å². The highest BCUT2D eigenvalue weighted by atomic mass is 32.1. The zero-order valence-electron chi connectivity index (χ0n) is 12.3. The van der Waals surface area contributed by atoms with Gasteiger partial charge in [0.05, 0.1) is 6.04 Å². The highest BCUT2D eigenvalue weighted by Gasteiger charge is 2.20. The number of aryl methyl sites for hydroxylation is 2. The second-order valence-electron chi connectivity index (χ2n) is 4.89. The molecule has 1 heterocycles. The SMILES string of the molecule is CCCC(NC(=O)NC(C)c1cc(C)sc1C)C(=O)O. The predicted molar refractivity (Wildman–Crippen MR) is 80.2 cm³/mol. The molecule has 6 heteroatoms. The van der Waals surface area contributed by atoms with Gasteiger partial charge in [-0.25, -0.2) is 9.59 Å². The van der Waals surface area contributed by atoms with E-state index in [1.807, 2.05) is 33.8 Å². The average molecular weight is 298 g/mol. The first-order valence-corrected chi connectivity index (χ1v) is 7.53. The number of nitrogens with one attached hydrogen (secondary N) is 2. The van der Waals surface area contributed by atoms with Crippen LogP contribution in [-0.2, 0) is 4.79 Å². The highest BCUT2D eigenvalue weighted by Crippen LogP contribution is 2.25. The van der Waals surface area contributed by atoms with Crippen LogP contribution in [0, 0.1) is 13.8 Å². The van der Waals surface area contributed by atoms with Gasteiger partial charge in [-0.05, 0) is 38.8 Å². The Morgan fingerprint density at radius 1 is 1.35 bits per heavy atom. The maximum Gasteiger partial charge on any atom is 0.326 e. The van der Waals surface area contributed by atoms with Crippen LogP contribution < -0.4 is 10.6 Å². The molecule has 20 heavy (non-hydrogen) atoms. The molecule has 112 valence electrons. The molecule has 0 aliphatic heterocycles. The first-order chi connectivity index (χ1) is 9.35. The number of thiophene rings is 1. The number of urea groups is 1. The predicted octanol–water partition coefficient (Wildman–Crippen LogP) is 2.98. The number of carboxylic acid groups (broad SMARTS) is 1. The topological polar surface area (TPSA) is 78.4 Å². The van der Waals surface area contributed by atoms with Crippen molar-refractivity contribution in [3.63, 3.8) is 0 Å². The molecular formula is C14H22N2O3S. The van der Waals surface area contributed by atoms with Crippen molar-refractivity contribution in [1.29, 1.82) is 0 Å². The minimum absolute atomic E-state index is 0.143. The Kier molecular flexibility index (Phi) is 6.01. The van der Waals surface area contributed by atoms with E-state index in [-0.39, 0.29) is 6.04 Å². The largest absolute Gasteiger partial charge is 0.480 e. The number of carboxylic acids is 1. The van der Waals surface area contributed by atoms with E-state index in [4.69, 9.17) is 5.11 Å². The van der Waals surface area contributed by atoms with Gasteiger partial charge in [-0.1, -0.05) is 13.3 Å². The third-order valence-electron chi connectivity index (χ3n) is 3.07. The van der Waals surface area contributed by atoms with E-state index in [0.29, 0.717) is 12.8 Å². The maximum atomic E-state index is 11.9. The molecule has 0 bridgehead atoms. The van der Waals surface area contributed by atoms with Gasteiger partial charge < -0.3 is 15.7 Å². The molecule has 0 saturated carbocycles. The zero-order chi connectivity index (χ0) is 15.3. The molecule has 2 atom stereocenters. The molecule has 0 saturated heterocycles. The van der Waals surface area contributed by atoms with Gasteiger partial charge in [0.15, 0.2) is 0 Å². The van der Waals surface area contributed by atoms with E-state index in [2.05, 4.69) is 10.6 Å². The van der Waals surface area contributed by atoms with Crippen molar-refractivity contribution >= 4 is 23.3 Å². The normalized spacial score (nSPS) is 13.6. The number of amides is 2. The summed E-state index contributed by atoms with van der Waals surface area (Å²) in [6.07, 6.45) is 1.13. The van der Waals surface area contributed by atoms with Gasteiger partial charge in [0.2, 0.25) is 0 Å². The van der Waals surface area contributed by atoms with E-state index in [0.717, 1.165) is 5.56 Å².